The van der Waals surface area contributed by atoms with Crippen LogP contribution in [0, 0.1) is 12.3 Å². The van der Waals surface area contributed by atoms with Gasteiger partial charge in [0.2, 0.25) is 11.2 Å². The number of terminal acetylenes is 1. The van der Waals surface area contributed by atoms with Gasteiger partial charge in [0.15, 0.2) is 5.60 Å². The van der Waals surface area contributed by atoms with Crippen molar-refractivity contribution in [2.24, 2.45) is 0 Å². The van der Waals surface area contributed by atoms with Crippen LogP contribution in [0.3, 0.4) is 0 Å². The summed E-state index contributed by atoms with van der Waals surface area (Å²) in [5.74, 6) is 2.97. The number of aromatic nitrogens is 2. The Bertz CT molecular complexity index is 571. The minimum Gasteiger partial charge on any atom is -0.458 e. The Morgan fingerprint density at radius 3 is 2.94 bits per heavy atom. The number of halogens is 1. The van der Waals surface area contributed by atoms with E-state index in [4.69, 9.17) is 22.8 Å². The fourth-order valence-electron chi connectivity index (χ4n) is 1.15. The van der Waals surface area contributed by atoms with E-state index in [1.807, 2.05) is 11.4 Å². The third kappa shape index (κ3) is 2.11. The third-order valence-electron chi connectivity index (χ3n) is 1.96. The first kappa shape index (κ1) is 11.2. The quantitative estimate of drug-likeness (QED) is 0.608. The van der Waals surface area contributed by atoms with Crippen molar-refractivity contribution in [2.45, 2.75) is 19.4 Å². The summed E-state index contributed by atoms with van der Waals surface area (Å²) in [5.41, 5.74) is -0.716. The average molecular weight is 253 g/mol. The summed E-state index contributed by atoms with van der Waals surface area (Å²) in [6.07, 6.45) is 5.36. The molecule has 5 heteroatoms. The second-order valence-electron chi connectivity index (χ2n) is 3.69. The average Bonchev–Trinajstić information content (AvgIpc) is 2.65. The maximum Gasteiger partial charge on any atom is 0.228 e. The first-order valence-electron chi connectivity index (χ1n) is 4.59. The highest BCUT2D eigenvalue weighted by Gasteiger charge is 2.19. The van der Waals surface area contributed by atoms with Crippen LogP contribution in [0.2, 0.25) is 5.28 Å². The zero-order valence-electron chi connectivity index (χ0n) is 8.82. The molecule has 0 aliphatic carbocycles. The van der Waals surface area contributed by atoms with Crippen molar-refractivity contribution in [1.29, 1.82) is 0 Å². The Balaban J connectivity index is 2.52. The maximum atomic E-state index is 5.81. The molecule has 2 aromatic heterocycles. The number of ether oxygens (including phenoxy) is 1. The molecular formula is C11H9ClN2OS. The van der Waals surface area contributed by atoms with Gasteiger partial charge in [0.05, 0.1) is 5.39 Å². The van der Waals surface area contributed by atoms with Crippen LogP contribution in [0.15, 0.2) is 11.4 Å². The van der Waals surface area contributed by atoms with Crippen molar-refractivity contribution in [3.63, 3.8) is 0 Å². The number of fused-ring (bicyclic) bond motifs is 1. The number of hydrogen-bond donors (Lipinski definition) is 0. The molecule has 0 N–H and O–H groups in total. The summed E-state index contributed by atoms with van der Waals surface area (Å²) >= 11 is 7.29. The first-order valence-corrected chi connectivity index (χ1v) is 5.85. The van der Waals surface area contributed by atoms with Crippen LogP contribution >= 0.6 is 22.9 Å². The number of hydrogen-bond acceptors (Lipinski definition) is 4. The van der Waals surface area contributed by atoms with Gasteiger partial charge in [-0.3, -0.25) is 0 Å². The third-order valence-corrected chi connectivity index (χ3v) is 2.94. The Morgan fingerprint density at radius 1 is 1.50 bits per heavy atom. The molecule has 2 rings (SSSR count). The molecule has 2 heterocycles. The van der Waals surface area contributed by atoms with Gasteiger partial charge in [-0.15, -0.1) is 17.8 Å². The topological polar surface area (TPSA) is 35.0 Å². The number of rotatable bonds is 2. The number of nitrogens with zero attached hydrogens (tertiary/aromatic N) is 2. The van der Waals surface area contributed by atoms with Gasteiger partial charge in [-0.05, 0) is 36.9 Å². The van der Waals surface area contributed by atoms with Crippen molar-refractivity contribution >= 4 is 33.2 Å². The van der Waals surface area contributed by atoms with Gasteiger partial charge in [-0.2, -0.15) is 4.98 Å². The van der Waals surface area contributed by atoms with Gasteiger partial charge in [-0.1, -0.05) is 5.92 Å². The predicted molar refractivity (Wildman–Crippen MR) is 66.0 cm³/mol. The van der Waals surface area contributed by atoms with Crippen LogP contribution < -0.4 is 4.74 Å². The summed E-state index contributed by atoms with van der Waals surface area (Å²) in [6, 6.07) is 1.89. The smallest absolute Gasteiger partial charge is 0.228 e. The van der Waals surface area contributed by atoms with Crippen molar-refractivity contribution in [3.05, 3.63) is 16.7 Å². The monoisotopic (exact) mass is 252 g/mol. The predicted octanol–water partition coefficient (Wildman–Crippen LogP) is 3.14. The summed E-state index contributed by atoms with van der Waals surface area (Å²) < 4.78 is 5.64. The van der Waals surface area contributed by atoms with Crippen LogP contribution in [0.5, 0.6) is 5.88 Å². The van der Waals surface area contributed by atoms with E-state index in [9.17, 15) is 0 Å². The lowest BCUT2D eigenvalue weighted by Gasteiger charge is -2.19. The molecule has 0 aromatic carbocycles. The Morgan fingerprint density at radius 2 is 2.25 bits per heavy atom. The molecule has 3 nitrogen and oxygen atoms in total. The fraction of sp³-hybridized carbons (Fsp3) is 0.273. The highest BCUT2D eigenvalue weighted by molar-refractivity contribution is 7.16. The summed E-state index contributed by atoms with van der Waals surface area (Å²) in [7, 11) is 0. The minimum absolute atomic E-state index is 0.165. The second kappa shape index (κ2) is 3.93. The lowest BCUT2D eigenvalue weighted by atomic mass is 10.1. The molecule has 0 aliphatic rings. The maximum absolute atomic E-state index is 5.81. The van der Waals surface area contributed by atoms with Crippen molar-refractivity contribution in [1.82, 2.24) is 9.97 Å². The molecule has 0 unspecified atom stereocenters. The Labute approximate surface area is 102 Å². The van der Waals surface area contributed by atoms with E-state index in [-0.39, 0.29) is 5.28 Å². The highest BCUT2D eigenvalue weighted by atomic mass is 35.5. The van der Waals surface area contributed by atoms with Gasteiger partial charge < -0.3 is 4.74 Å². The molecule has 16 heavy (non-hydrogen) atoms. The van der Waals surface area contributed by atoms with E-state index >= 15 is 0 Å². The van der Waals surface area contributed by atoms with Gasteiger partial charge in [-0.25, -0.2) is 4.98 Å². The molecule has 0 saturated carbocycles. The van der Waals surface area contributed by atoms with Gasteiger partial charge in [0.25, 0.3) is 0 Å². The highest BCUT2D eigenvalue weighted by Crippen LogP contribution is 2.30. The first-order chi connectivity index (χ1) is 7.52. The van der Waals surface area contributed by atoms with E-state index in [2.05, 4.69) is 15.9 Å². The molecule has 0 bridgehead atoms. The molecule has 0 saturated heterocycles. The van der Waals surface area contributed by atoms with Crippen LogP contribution in [0.25, 0.3) is 10.2 Å². The molecule has 0 amide bonds. The zero-order chi connectivity index (χ0) is 11.8. The largest absolute Gasteiger partial charge is 0.458 e. The Kier molecular flexibility index (Phi) is 2.75. The molecule has 0 atom stereocenters. The van der Waals surface area contributed by atoms with Crippen LogP contribution in [0.4, 0.5) is 0 Å². The molecule has 0 radical (unpaired) electrons. The minimum atomic E-state index is -0.716. The lowest BCUT2D eigenvalue weighted by Crippen LogP contribution is -2.26. The summed E-state index contributed by atoms with van der Waals surface area (Å²) in [5, 5.41) is 2.90. The van der Waals surface area contributed by atoms with Crippen LogP contribution in [0.1, 0.15) is 13.8 Å². The van der Waals surface area contributed by atoms with Crippen LogP contribution in [-0.4, -0.2) is 15.6 Å². The molecule has 2 aromatic rings. The van der Waals surface area contributed by atoms with Gasteiger partial charge in [0, 0.05) is 0 Å². The lowest BCUT2D eigenvalue weighted by molar-refractivity contribution is 0.167. The second-order valence-corrected chi connectivity index (χ2v) is 4.93. The molecule has 0 fully saturated rings. The standard InChI is InChI=1S/C11H9ClN2OS/c1-4-11(2,3)15-8-7-5-6-16-9(7)14-10(12)13-8/h1,5-6H,2-3H3. The van der Waals surface area contributed by atoms with Gasteiger partial charge in [0.1, 0.15) is 4.83 Å². The van der Waals surface area contributed by atoms with Crippen LogP contribution in [-0.2, 0) is 0 Å². The summed E-state index contributed by atoms with van der Waals surface area (Å²) in [6.45, 7) is 3.59. The van der Waals surface area contributed by atoms with Crippen molar-refractivity contribution in [2.75, 3.05) is 0 Å². The molecule has 0 spiro atoms. The van der Waals surface area contributed by atoms with E-state index in [1.54, 1.807) is 13.8 Å². The van der Waals surface area contributed by atoms with Crippen molar-refractivity contribution < 1.29 is 4.74 Å². The molecular weight excluding hydrogens is 244 g/mol. The SMILES string of the molecule is C#CC(C)(C)Oc1nc(Cl)nc2sccc12. The normalized spacial score (nSPS) is 11.4. The molecule has 82 valence electrons. The van der Waals surface area contributed by atoms with E-state index in [1.165, 1.54) is 11.3 Å². The molecule has 0 aliphatic heterocycles. The van der Waals surface area contributed by atoms with E-state index in [0.29, 0.717) is 5.88 Å². The van der Waals surface area contributed by atoms with Crippen molar-refractivity contribution in [3.8, 4) is 18.2 Å². The summed E-state index contributed by atoms with van der Waals surface area (Å²) in [4.78, 5) is 8.94. The number of thiophene rings is 1. The Hall–Kier alpha value is -1.31. The van der Waals surface area contributed by atoms with Gasteiger partial charge >= 0.3 is 0 Å². The van der Waals surface area contributed by atoms with E-state index in [0.717, 1.165) is 10.2 Å². The van der Waals surface area contributed by atoms with E-state index < -0.39 is 5.60 Å². The zero-order valence-corrected chi connectivity index (χ0v) is 10.4. The fourth-order valence-corrected chi connectivity index (χ4v) is 2.12.